The Hall–Kier alpha value is -3.47. The van der Waals surface area contributed by atoms with Crippen molar-refractivity contribution in [3.05, 3.63) is 84.4 Å². The lowest BCUT2D eigenvalue weighted by molar-refractivity contribution is -0.114. The number of carbonyl (C=O) groups excluding carboxylic acids is 1. The van der Waals surface area contributed by atoms with Crippen LogP contribution < -0.4 is 20.1 Å². The molecule has 180 valence electrons. The van der Waals surface area contributed by atoms with Crippen LogP contribution >= 0.6 is 0 Å². The molecule has 0 aromatic heterocycles. The molecule has 0 fully saturated rings. The zero-order chi connectivity index (χ0) is 23.8. The van der Waals surface area contributed by atoms with Crippen molar-refractivity contribution in [1.29, 1.82) is 0 Å². The van der Waals surface area contributed by atoms with E-state index in [9.17, 15) is 4.79 Å². The van der Waals surface area contributed by atoms with Crippen LogP contribution in [-0.4, -0.2) is 25.7 Å². The second-order valence-corrected chi connectivity index (χ2v) is 8.30. The highest BCUT2D eigenvalue weighted by Crippen LogP contribution is 2.19. The molecule has 0 bridgehead atoms. The minimum atomic E-state index is -0.117. The predicted molar refractivity (Wildman–Crippen MR) is 140 cm³/mol. The Kier molecular flexibility index (Phi) is 10.8. The summed E-state index contributed by atoms with van der Waals surface area (Å²) < 4.78 is 11.6. The highest BCUT2D eigenvalue weighted by atomic mass is 16.5. The fourth-order valence-corrected chi connectivity index (χ4v) is 3.55. The molecule has 5 heteroatoms. The van der Waals surface area contributed by atoms with Gasteiger partial charge in [0.05, 0.1) is 19.8 Å². The van der Waals surface area contributed by atoms with Crippen LogP contribution in [0.1, 0.15) is 44.6 Å². The van der Waals surface area contributed by atoms with Crippen molar-refractivity contribution in [2.24, 2.45) is 0 Å². The molecule has 0 unspecified atom stereocenters. The van der Waals surface area contributed by atoms with Crippen LogP contribution in [0, 0.1) is 0 Å². The smallest absolute Gasteiger partial charge is 0.243 e. The molecule has 3 aromatic rings. The number of ether oxygens (including phenoxy) is 2. The molecule has 5 nitrogen and oxygen atoms in total. The van der Waals surface area contributed by atoms with Crippen LogP contribution in [0.25, 0.3) is 0 Å². The summed E-state index contributed by atoms with van der Waals surface area (Å²) in [5, 5.41) is 6.07. The molecule has 0 aliphatic heterocycles. The van der Waals surface area contributed by atoms with Gasteiger partial charge in [-0.2, -0.15) is 0 Å². The largest absolute Gasteiger partial charge is 0.494 e. The van der Waals surface area contributed by atoms with Gasteiger partial charge in [-0.3, -0.25) is 4.79 Å². The molecule has 3 aromatic carbocycles. The van der Waals surface area contributed by atoms with Gasteiger partial charge in [-0.05, 0) is 48.4 Å². The summed E-state index contributed by atoms with van der Waals surface area (Å²) in [4.78, 5) is 12.4. The maximum Gasteiger partial charge on any atom is 0.243 e. The van der Waals surface area contributed by atoms with E-state index < -0.39 is 0 Å². The van der Waals surface area contributed by atoms with E-state index in [0.29, 0.717) is 12.3 Å². The molecule has 0 heterocycles. The topological polar surface area (TPSA) is 59.6 Å². The Morgan fingerprint density at radius 3 is 2.29 bits per heavy atom. The van der Waals surface area contributed by atoms with E-state index in [1.807, 2.05) is 66.7 Å². The molecule has 34 heavy (non-hydrogen) atoms. The van der Waals surface area contributed by atoms with Gasteiger partial charge in [-0.25, -0.2) is 0 Å². The zero-order valence-corrected chi connectivity index (χ0v) is 20.1. The Balaban J connectivity index is 1.35. The van der Waals surface area contributed by atoms with E-state index in [2.05, 4.69) is 29.7 Å². The van der Waals surface area contributed by atoms with Crippen LogP contribution in [-0.2, 0) is 11.2 Å². The van der Waals surface area contributed by atoms with E-state index in [4.69, 9.17) is 9.47 Å². The molecule has 1 amide bonds. The summed E-state index contributed by atoms with van der Waals surface area (Å²) in [7, 11) is 0. The summed E-state index contributed by atoms with van der Waals surface area (Å²) in [5.74, 6) is 1.48. The average Bonchev–Trinajstić information content (AvgIpc) is 2.86. The molecule has 2 N–H and O–H groups in total. The third-order valence-electron chi connectivity index (χ3n) is 5.44. The highest BCUT2D eigenvalue weighted by Gasteiger charge is 2.05. The summed E-state index contributed by atoms with van der Waals surface area (Å²) in [5.41, 5.74) is 2.83. The number of anilines is 2. The first-order valence-electron chi connectivity index (χ1n) is 12.3. The van der Waals surface area contributed by atoms with Crippen LogP contribution in [0.15, 0.2) is 78.9 Å². The molecule has 0 spiro atoms. The standard InChI is InChI=1S/C29H36N2O3/c1-2-3-4-5-9-20-33-27-17-15-25(16-18-27)30-23-29(32)31-26-13-10-14-28(22-26)34-21-19-24-11-7-6-8-12-24/h6-8,10-18,22,30H,2-5,9,19-21,23H2,1H3,(H,31,32). The SMILES string of the molecule is CCCCCCCOc1ccc(NCC(=O)Nc2cccc(OCCc3ccccc3)c2)cc1. The lowest BCUT2D eigenvalue weighted by Crippen LogP contribution is -2.21. The van der Waals surface area contributed by atoms with Crippen LogP contribution in [0.5, 0.6) is 11.5 Å². The Morgan fingerprint density at radius 1 is 0.735 bits per heavy atom. The van der Waals surface area contributed by atoms with Crippen LogP contribution in [0.2, 0.25) is 0 Å². The van der Waals surface area contributed by atoms with Crippen LogP contribution in [0.3, 0.4) is 0 Å². The van der Waals surface area contributed by atoms with Crippen LogP contribution in [0.4, 0.5) is 11.4 Å². The van der Waals surface area contributed by atoms with Crippen molar-refractivity contribution in [3.63, 3.8) is 0 Å². The number of unbranched alkanes of at least 4 members (excludes halogenated alkanes) is 4. The van der Waals surface area contributed by atoms with E-state index >= 15 is 0 Å². The van der Waals surface area contributed by atoms with Gasteiger partial charge in [-0.1, -0.05) is 69.0 Å². The number of hydrogen-bond donors (Lipinski definition) is 2. The predicted octanol–water partition coefficient (Wildman–Crippen LogP) is 6.71. The number of carbonyl (C=O) groups is 1. The Labute approximate surface area is 203 Å². The van der Waals surface area contributed by atoms with Crippen molar-refractivity contribution in [2.45, 2.75) is 45.4 Å². The van der Waals surface area contributed by atoms with Crippen molar-refractivity contribution < 1.29 is 14.3 Å². The quantitative estimate of drug-likeness (QED) is 0.248. The molecular formula is C29H36N2O3. The first-order chi connectivity index (χ1) is 16.7. The average molecular weight is 461 g/mol. The molecule has 0 atom stereocenters. The fraction of sp³-hybridized carbons (Fsp3) is 0.345. The Morgan fingerprint density at radius 2 is 1.50 bits per heavy atom. The number of rotatable bonds is 15. The third-order valence-corrected chi connectivity index (χ3v) is 5.44. The molecule has 3 rings (SSSR count). The molecule has 0 saturated heterocycles. The second-order valence-electron chi connectivity index (χ2n) is 8.30. The van der Waals surface area contributed by atoms with Gasteiger partial charge in [0.25, 0.3) is 0 Å². The number of benzene rings is 3. The molecule has 0 aliphatic rings. The van der Waals surface area contributed by atoms with E-state index in [-0.39, 0.29) is 12.5 Å². The lowest BCUT2D eigenvalue weighted by atomic mass is 10.2. The fourth-order valence-electron chi connectivity index (χ4n) is 3.55. The first-order valence-corrected chi connectivity index (χ1v) is 12.3. The number of nitrogens with one attached hydrogen (secondary N) is 2. The van der Waals surface area contributed by atoms with Gasteiger partial charge in [0.15, 0.2) is 0 Å². The second kappa shape index (κ2) is 14.6. The first kappa shape index (κ1) is 25.2. The third kappa shape index (κ3) is 9.57. The highest BCUT2D eigenvalue weighted by molar-refractivity contribution is 5.93. The number of amides is 1. The van der Waals surface area contributed by atoms with Gasteiger partial charge < -0.3 is 20.1 Å². The normalized spacial score (nSPS) is 10.5. The van der Waals surface area contributed by atoms with Gasteiger partial charge in [0.2, 0.25) is 5.91 Å². The maximum atomic E-state index is 12.4. The molecule has 0 radical (unpaired) electrons. The Bertz CT molecular complexity index is 974. The van der Waals surface area contributed by atoms with Crippen molar-refractivity contribution in [1.82, 2.24) is 0 Å². The maximum absolute atomic E-state index is 12.4. The van der Waals surface area contributed by atoms with Gasteiger partial charge >= 0.3 is 0 Å². The zero-order valence-electron chi connectivity index (χ0n) is 20.1. The summed E-state index contributed by atoms with van der Waals surface area (Å²) >= 11 is 0. The van der Waals surface area contributed by atoms with Gasteiger partial charge in [-0.15, -0.1) is 0 Å². The van der Waals surface area contributed by atoms with Gasteiger partial charge in [0.1, 0.15) is 11.5 Å². The molecular weight excluding hydrogens is 424 g/mol. The molecule has 0 aliphatic carbocycles. The van der Waals surface area contributed by atoms with E-state index in [0.717, 1.165) is 36.6 Å². The van der Waals surface area contributed by atoms with E-state index in [1.165, 1.54) is 31.2 Å². The lowest BCUT2D eigenvalue weighted by Gasteiger charge is -2.11. The minimum absolute atomic E-state index is 0.117. The van der Waals surface area contributed by atoms with Crippen molar-refractivity contribution in [3.8, 4) is 11.5 Å². The van der Waals surface area contributed by atoms with E-state index in [1.54, 1.807) is 0 Å². The minimum Gasteiger partial charge on any atom is -0.494 e. The van der Waals surface area contributed by atoms with Crippen molar-refractivity contribution >= 4 is 17.3 Å². The van der Waals surface area contributed by atoms with Crippen molar-refractivity contribution in [2.75, 3.05) is 30.4 Å². The number of hydrogen-bond acceptors (Lipinski definition) is 4. The monoisotopic (exact) mass is 460 g/mol. The summed E-state index contributed by atoms with van der Waals surface area (Å²) in [6, 6.07) is 25.4. The summed E-state index contributed by atoms with van der Waals surface area (Å²) in [6.45, 7) is 3.73. The van der Waals surface area contributed by atoms with Gasteiger partial charge in [0, 0.05) is 23.9 Å². The molecule has 0 saturated carbocycles. The summed E-state index contributed by atoms with van der Waals surface area (Å²) in [6.07, 6.45) is 6.95.